The first kappa shape index (κ1) is 15.8. The Morgan fingerprint density at radius 2 is 2.19 bits per heavy atom. The molecule has 1 aliphatic rings. The summed E-state index contributed by atoms with van der Waals surface area (Å²) in [6.45, 7) is 7.39. The molecule has 21 heavy (non-hydrogen) atoms. The van der Waals surface area contributed by atoms with Gasteiger partial charge in [0.1, 0.15) is 0 Å². The van der Waals surface area contributed by atoms with Gasteiger partial charge >= 0.3 is 0 Å². The minimum atomic E-state index is -0.0607. The predicted molar refractivity (Wildman–Crippen MR) is 83.5 cm³/mol. The zero-order valence-electron chi connectivity index (χ0n) is 12.9. The van der Waals surface area contributed by atoms with Crippen molar-refractivity contribution in [1.82, 2.24) is 10.3 Å². The fourth-order valence-corrected chi connectivity index (χ4v) is 2.42. The first-order valence-electron chi connectivity index (χ1n) is 7.68. The summed E-state index contributed by atoms with van der Waals surface area (Å²) >= 11 is 0. The third kappa shape index (κ3) is 4.43. The van der Waals surface area contributed by atoms with Crippen molar-refractivity contribution in [2.45, 2.75) is 33.1 Å². The van der Waals surface area contributed by atoms with E-state index in [0.717, 1.165) is 44.7 Å². The Hall–Kier alpha value is -1.62. The average Bonchev–Trinajstić information content (AvgIpc) is 2.52. The van der Waals surface area contributed by atoms with E-state index in [0.29, 0.717) is 12.1 Å². The van der Waals surface area contributed by atoms with E-state index in [2.05, 4.69) is 29.5 Å². The smallest absolute Gasteiger partial charge is 0.254 e. The summed E-state index contributed by atoms with van der Waals surface area (Å²) < 4.78 is 5.39. The molecule has 0 spiro atoms. The van der Waals surface area contributed by atoms with Crippen molar-refractivity contribution < 1.29 is 9.53 Å². The van der Waals surface area contributed by atoms with Gasteiger partial charge in [-0.05, 0) is 30.7 Å². The zero-order valence-corrected chi connectivity index (χ0v) is 12.9. The topological polar surface area (TPSA) is 63.2 Å². The van der Waals surface area contributed by atoms with Gasteiger partial charge in [0.05, 0.1) is 11.3 Å². The Morgan fingerprint density at radius 3 is 2.90 bits per heavy atom. The fraction of sp³-hybridized carbons (Fsp3) is 0.625. The second kappa shape index (κ2) is 7.41. The van der Waals surface area contributed by atoms with Gasteiger partial charge in [0.25, 0.3) is 5.91 Å². The molecule has 0 atom stereocenters. The molecule has 1 saturated heterocycles. The summed E-state index contributed by atoms with van der Waals surface area (Å²) in [5.41, 5.74) is 1.59. The fourth-order valence-electron chi connectivity index (χ4n) is 2.42. The summed E-state index contributed by atoms with van der Waals surface area (Å²) in [7, 11) is 0. The first-order valence-corrected chi connectivity index (χ1v) is 7.68. The van der Waals surface area contributed by atoms with E-state index in [4.69, 9.17) is 4.74 Å². The molecule has 0 bridgehead atoms. The van der Waals surface area contributed by atoms with Crippen molar-refractivity contribution in [1.29, 1.82) is 0 Å². The van der Waals surface area contributed by atoms with Crippen LogP contribution in [-0.4, -0.2) is 37.2 Å². The van der Waals surface area contributed by atoms with Crippen LogP contribution in [0.2, 0.25) is 0 Å². The molecule has 2 heterocycles. The Kier molecular flexibility index (Phi) is 5.56. The van der Waals surface area contributed by atoms with Crippen molar-refractivity contribution in [2.24, 2.45) is 5.41 Å². The van der Waals surface area contributed by atoms with Crippen LogP contribution in [0.1, 0.15) is 43.5 Å². The number of hydrogen-bond acceptors (Lipinski definition) is 4. The standard InChI is InChI=1S/C16H25N3O2/c1-3-7-18-14-4-8-17-11-13(14)15(20)19-12-16(2)5-9-21-10-6-16/h4,8,11H,3,5-7,9-10,12H2,1-2H3,(H,17,18)(H,19,20). The van der Waals surface area contributed by atoms with E-state index in [1.165, 1.54) is 0 Å². The van der Waals surface area contributed by atoms with E-state index in [1.54, 1.807) is 12.4 Å². The molecule has 116 valence electrons. The summed E-state index contributed by atoms with van der Waals surface area (Å²) in [5, 5.41) is 6.32. The summed E-state index contributed by atoms with van der Waals surface area (Å²) in [5.74, 6) is -0.0607. The molecule has 0 aromatic carbocycles. The van der Waals surface area contributed by atoms with E-state index in [-0.39, 0.29) is 11.3 Å². The molecule has 0 radical (unpaired) electrons. The lowest BCUT2D eigenvalue weighted by atomic mass is 9.82. The number of ether oxygens (including phenoxy) is 1. The van der Waals surface area contributed by atoms with E-state index < -0.39 is 0 Å². The number of pyridine rings is 1. The highest BCUT2D eigenvalue weighted by molar-refractivity contribution is 5.99. The van der Waals surface area contributed by atoms with E-state index in [1.807, 2.05) is 6.07 Å². The highest BCUT2D eigenvalue weighted by atomic mass is 16.5. The summed E-state index contributed by atoms with van der Waals surface area (Å²) in [6, 6.07) is 1.85. The number of aromatic nitrogens is 1. The first-order chi connectivity index (χ1) is 10.1. The van der Waals surface area contributed by atoms with Crippen LogP contribution in [0, 0.1) is 5.41 Å². The largest absolute Gasteiger partial charge is 0.384 e. The SMILES string of the molecule is CCCNc1ccncc1C(=O)NCC1(C)CCOCC1. The van der Waals surface area contributed by atoms with Crippen LogP contribution in [0.25, 0.3) is 0 Å². The molecule has 0 aliphatic carbocycles. The molecule has 0 saturated carbocycles. The van der Waals surface area contributed by atoms with Gasteiger partial charge in [-0.25, -0.2) is 0 Å². The quantitative estimate of drug-likeness (QED) is 0.845. The van der Waals surface area contributed by atoms with Crippen LogP contribution in [0.4, 0.5) is 5.69 Å². The minimum Gasteiger partial charge on any atom is -0.384 e. The molecule has 1 amide bonds. The average molecular weight is 291 g/mol. The van der Waals surface area contributed by atoms with Crippen LogP contribution < -0.4 is 10.6 Å². The molecular formula is C16H25N3O2. The van der Waals surface area contributed by atoms with Gasteiger partial charge in [0.2, 0.25) is 0 Å². The maximum absolute atomic E-state index is 12.4. The Labute approximate surface area is 126 Å². The lowest BCUT2D eigenvalue weighted by Crippen LogP contribution is -2.39. The van der Waals surface area contributed by atoms with Crippen LogP contribution >= 0.6 is 0 Å². The second-order valence-corrected chi connectivity index (χ2v) is 5.95. The van der Waals surface area contributed by atoms with Crippen molar-refractivity contribution in [2.75, 3.05) is 31.6 Å². The van der Waals surface area contributed by atoms with Crippen molar-refractivity contribution in [3.63, 3.8) is 0 Å². The van der Waals surface area contributed by atoms with Crippen LogP contribution in [0.5, 0.6) is 0 Å². The maximum Gasteiger partial charge on any atom is 0.254 e. The zero-order chi connectivity index (χ0) is 15.1. The third-order valence-electron chi connectivity index (χ3n) is 4.01. The molecule has 1 aromatic heterocycles. The molecule has 0 unspecified atom stereocenters. The van der Waals surface area contributed by atoms with E-state index in [9.17, 15) is 4.79 Å². The van der Waals surface area contributed by atoms with Gasteiger partial charge in [-0.15, -0.1) is 0 Å². The van der Waals surface area contributed by atoms with Crippen LogP contribution in [-0.2, 0) is 4.74 Å². The highest BCUT2D eigenvalue weighted by Crippen LogP contribution is 2.28. The number of nitrogens with zero attached hydrogens (tertiary/aromatic N) is 1. The molecule has 2 rings (SSSR count). The normalized spacial score (nSPS) is 17.2. The Bertz CT molecular complexity index is 470. The summed E-state index contributed by atoms with van der Waals surface area (Å²) in [6.07, 6.45) is 6.32. The van der Waals surface area contributed by atoms with Gasteiger partial charge < -0.3 is 15.4 Å². The number of carbonyl (C=O) groups excluding carboxylic acids is 1. The Morgan fingerprint density at radius 1 is 1.43 bits per heavy atom. The van der Waals surface area contributed by atoms with Gasteiger partial charge in [-0.3, -0.25) is 9.78 Å². The monoisotopic (exact) mass is 291 g/mol. The van der Waals surface area contributed by atoms with Crippen molar-refractivity contribution in [3.8, 4) is 0 Å². The van der Waals surface area contributed by atoms with Crippen molar-refractivity contribution in [3.05, 3.63) is 24.0 Å². The second-order valence-electron chi connectivity index (χ2n) is 5.95. The third-order valence-corrected chi connectivity index (χ3v) is 4.01. The van der Waals surface area contributed by atoms with Gasteiger partial charge in [0, 0.05) is 38.7 Å². The van der Waals surface area contributed by atoms with Gasteiger partial charge in [-0.1, -0.05) is 13.8 Å². The molecule has 1 aromatic rings. The minimum absolute atomic E-state index is 0.0607. The van der Waals surface area contributed by atoms with Gasteiger partial charge in [-0.2, -0.15) is 0 Å². The van der Waals surface area contributed by atoms with Gasteiger partial charge in [0.15, 0.2) is 0 Å². The Balaban J connectivity index is 1.96. The number of rotatable bonds is 6. The van der Waals surface area contributed by atoms with Crippen LogP contribution in [0.3, 0.4) is 0 Å². The lowest BCUT2D eigenvalue weighted by Gasteiger charge is -2.33. The molecular weight excluding hydrogens is 266 g/mol. The summed E-state index contributed by atoms with van der Waals surface area (Å²) in [4.78, 5) is 16.5. The van der Waals surface area contributed by atoms with Crippen LogP contribution in [0.15, 0.2) is 18.5 Å². The predicted octanol–water partition coefficient (Wildman–Crippen LogP) is 2.45. The molecule has 1 fully saturated rings. The highest BCUT2D eigenvalue weighted by Gasteiger charge is 2.28. The van der Waals surface area contributed by atoms with Crippen molar-refractivity contribution >= 4 is 11.6 Å². The molecule has 5 heteroatoms. The number of anilines is 1. The molecule has 5 nitrogen and oxygen atoms in total. The molecule has 1 aliphatic heterocycles. The van der Waals surface area contributed by atoms with E-state index >= 15 is 0 Å². The number of nitrogens with one attached hydrogen (secondary N) is 2. The lowest BCUT2D eigenvalue weighted by molar-refractivity contribution is 0.0238. The number of amides is 1. The number of hydrogen-bond donors (Lipinski definition) is 2. The number of carbonyl (C=O) groups is 1. The maximum atomic E-state index is 12.4. The molecule has 2 N–H and O–H groups in total.